The maximum atomic E-state index is 5.92. The standard InChI is InChI=1S/C15H14N2O2S/c1-2-18-11-7-5-10(6-8-11)14-13(15(16)17-19-14)12-4-3-9-20-12/h3-9H,2H2,1H3,(H2,16,17). The minimum atomic E-state index is 0.413. The van der Waals surface area contributed by atoms with Gasteiger partial charge in [-0.15, -0.1) is 11.3 Å². The summed E-state index contributed by atoms with van der Waals surface area (Å²) in [5, 5.41) is 5.89. The highest BCUT2D eigenvalue weighted by molar-refractivity contribution is 7.13. The number of aromatic nitrogens is 1. The third-order valence-electron chi connectivity index (χ3n) is 2.91. The van der Waals surface area contributed by atoms with Crippen molar-refractivity contribution in [2.45, 2.75) is 6.92 Å². The zero-order chi connectivity index (χ0) is 13.9. The second-order valence-corrected chi connectivity index (χ2v) is 5.15. The van der Waals surface area contributed by atoms with E-state index in [1.807, 2.05) is 48.7 Å². The predicted molar refractivity (Wildman–Crippen MR) is 80.8 cm³/mol. The first kappa shape index (κ1) is 12.7. The van der Waals surface area contributed by atoms with E-state index < -0.39 is 0 Å². The van der Waals surface area contributed by atoms with Crippen LogP contribution in [0.5, 0.6) is 5.75 Å². The second-order valence-electron chi connectivity index (χ2n) is 4.21. The molecule has 0 amide bonds. The van der Waals surface area contributed by atoms with Crippen LogP contribution in [0.1, 0.15) is 6.92 Å². The summed E-state index contributed by atoms with van der Waals surface area (Å²) in [5.74, 6) is 1.94. The van der Waals surface area contributed by atoms with E-state index in [0.29, 0.717) is 18.2 Å². The molecule has 0 fully saturated rings. The van der Waals surface area contributed by atoms with E-state index in [4.69, 9.17) is 15.0 Å². The normalized spacial score (nSPS) is 10.7. The summed E-state index contributed by atoms with van der Waals surface area (Å²) in [6.45, 7) is 2.61. The van der Waals surface area contributed by atoms with Crippen molar-refractivity contribution in [2.75, 3.05) is 12.3 Å². The number of nitrogens with zero attached hydrogens (tertiary/aromatic N) is 1. The number of rotatable bonds is 4. The number of hydrogen-bond acceptors (Lipinski definition) is 5. The average Bonchev–Trinajstić information content (AvgIpc) is 3.09. The molecule has 2 aromatic heterocycles. The second kappa shape index (κ2) is 5.38. The quantitative estimate of drug-likeness (QED) is 0.786. The van der Waals surface area contributed by atoms with E-state index in [9.17, 15) is 0 Å². The lowest BCUT2D eigenvalue weighted by Crippen LogP contribution is -1.90. The molecule has 0 unspecified atom stereocenters. The average molecular weight is 286 g/mol. The van der Waals surface area contributed by atoms with E-state index in [1.54, 1.807) is 11.3 Å². The van der Waals surface area contributed by atoms with Crippen LogP contribution in [0.4, 0.5) is 5.82 Å². The van der Waals surface area contributed by atoms with Crippen LogP contribution >= 0.6 is 11.3 Å². The van der Waals surface area contributed by atoms with Crippen molar-refractivity contribution in [3.8, 4) is 27.5 Å². The highest BCUT2D eigenvalue weighted by Crippen LogP contribution is 2.39. The summed E-state index contributed by atoms with van der Waals surface area (Å²) in [6, 6.07) is 11.7. The summed E-state index contributed by atoms with van der Waals surface area (Å²) in [5.41, 5.74) is 7.71. The predicted octanol–water partition coefficient (Wildman–Crippen LogP) is 4.05. The van der Waals surface area contributed by atoms with Crippen LogP contribution in [-0.2, 0) is 0 Å². The Kier molecular flexibility index (Phi) is 3.43. The SMILES string of the molecule is CCOc1ccc(-c2onc(N)c2-c2cccs2)cc1. The van der Waals surface area contributed by atoms with Crippen molar-refractivity contribution in [2.24, 2.45) is 0 Å². The molecule has 0 saturated heterocycles. The Morgan fingerprint density at radius 1 is 1.25 bits per heavy atom. The first-order valence-electron chi connectivity index (χ1n) is 6.32. The van der Waals surface area contributed by atoms with E-state index in [-0.39, 0.29) is 0 Å². The largest absolute Gasteiger partial charge is 0.494 e. The van der Waals surface area contributed by atoms with Crippen LogP contribution in [0, 0.1) is 0 Å². The number of thiophene rings is 1. The molecule has 2 heterocycles. The molecule has 0 aliphatic heterocycles. The van der Waals surface area contributed by atoms with Gasteiger partial charge >= 0.3 is 0 Å². The van der Waals surface area contributed by atoms with E-state index >= 15 is 0 Å². The molecule has 3 aromatic rings. The number of benzene rings is 1. The van der Waals surface area contributed by atoms with Gasteiger partial charge in [-0.1, -0.05) is 11.2 Å². The first-order valence-corrected chi connectivity index (χ1v) is 7.20. The van der Waals surface area contributed by atoms with Gasteiger partial charge in [0.2, 0.25) is 0 Å². The Morgan fingerprint density at radius 2 is 2.05 bits per heavy atom. The fraction of sp³-hybridized carbons (Fsp3) is 0.133. The van der Waals surface area contributed by atoms with Gasteiger partial charge in [0, 0.05) is 10.4 Å². The van der Waals surface area contributed by atoms with E-state index in [2.05, 4.69) is 5.16 Å². The lowest BCUT2D eigenvalue weighted by Gasteiger charge is -2.04. The summed E-state index contributed by atoms with van der Waals surface area (Å²) in [6.07, 6.45) is 0. The van der Waals surface area contributed by atoms with Gasteiger partial charge in [0.05, 0.1) is 12.2 Å². The van der Waals surface area contributed by atoms with Gasteiger partial charge < -0.3 is 15.0 Å². The molecular formula is C15H14N2O2S. The summed E-state index contributed by atoms with van der Waals surface area (Å²) >= 11 is 1.61. The van der Waals surface area contributed by atoms with Crippen molar-refractivity contribution in [1.82, 2.24) is 5.16 Å². The fourth-order valence-corrected chi connectivity index (χ4v) is 2.80. The number of anilines is 1. The topological polar surface area (TPSA) is 61.3 Å². The van der Waals surface area contributed by atoms with E-state index in [0.717, 1.165) is 21.8 Å². The Bertz CT molecular complexity index is 687. The monoisotopic (exact) mass is 286 g/mol. The third kappa shape index (κ3) is 2.28. The molecule has 0 aliphatic carbocycles. The molecule has 5 heteroatoms. The first-order chi connectivity index (χ1) is 9.79. The minimum Gasteiger partial charge on any atom is -0.494 e. The van der Waals surface area contributed by atoms with Gasteiger partial charge in [-0.25, -0.2) is 0 Å². The molecule has 102 valence electrons. The fourth-order valence-electron chi connectivity index (χ4n) is 2.03. The third-order valence-corrected chi connectivity index (χ3v) is 3.80. The molecule has 2 N–H and O–H groups in total. The molecule has 0 atom stereocenters. The molecular weight excluding hydrogens is 272 g/mol. The number of nitrogen functional groups attached to an aromatic ring is 1. The van der Waals surface area contributed by atoms with Gasteiger partial charge in [-0.05, 0) is 42.6 Å². The van der Waals surface area contributed by atoms with Crippen LogP contribution in [0.3, 0.4) is 0 Å². The molecule has 0 bridgehead atoms. The zero-order valence-electron chi connectivity index (χ0n) is 11.0. The van der Waals surface area contributed by atoms with Crippen molar-refractivity contribution in [1.29, 1.82) is 0 Å². The lowest BCUT2D eigenvalue weighted by atomic mass is 10.1. The highest BCUT2D eigenvalue weighted by Gasteiger charge is 2.18. The maximum absolute atomic E-state index is 5.92. The Morgan fingerprint density at radius 3 is 2.70 bits per heavy atom. The van der Waals surface area contributed by atoms with Crippen molar-refractivity contribution < 1.29 is 9.26 Å². The molecule has 3 rings (SSSR count). The van der Waals surface area contributed by atoms with Crippen LogP contribution in [0.2, 0.25) is 0 Å². The van der Waals surface area contributed by atoms with Crippen molar-refractivity contribution >= 4 is 17.2 Å². The van der Waals surface area contributed by atoms with Gasteiger partial charge in [-0.3, -0.25) is 0 Å². The summed E-state index contributed by atoms with van der Waals surface area (Å²) in [4.78, 5) is 1.05. The van der Waals surface area contributed by atoms with Gasteiger partial charge in [-0.2, -0.15) is 0 Å². The van der Waals surface area contributed by atoms with Gasteiger partial charge in [0.25, 0.3) is 0 Å². The number of hydrogen-bond donors (Lipinski definition) is 1. The molecule has 1 aromatic carbocycles. The minimum absolute atomic E-state index is 0.413. The number of ether oxygens (including phenoxy) is 1. The van der Waals surface area contributed by atoms with Crippen LogP contribution < -0.4 is 10.5 Å². The smallest absolute Gasteiger partial charge is 0.177 e. The van der Waals surface area contributed by atoms with E-state index in [1.165, 1.54) is 0 Å². The van der Waals surface area contributed by atoms with Crippen molar-refractivity contribution in [3.05, 3.63) is 41.8 Å². The summed E-state index contributed by atoms with van der Waals surface area (Å²) < 4.78 is 10.8. The molecule has 4 nitrogen and oxygen atoms in total. The van der Waals surface area contributed by atoms with Crippen LogP contribution in [0.15, 0.2) is 46.3 Å². The molecule has 20 heavy (non-hydrogen) atoms. The van der Waals surface area contributed by atoms with Gasteiger partial charge in [0.1, 0.15) is 5.75 Å². The Labute approximate surface area is 120 Å². The molecule has 0 spiro atoms. The molecule has 0 saturated carbocycles. The highest BCUT2D eigenvalue weighted by atomic mass is 32.1. The van der Waals surface area contributed by atoms with Crippen molar-refractivity contribution in [3.63, 3.8) is 0 Å². The lowest BCUT2D eigenvalue weighted by molar-refractivity contribution is 0.340. The van der Waals surface area contributed by atoms with Gasteiger partial charge in [0.15, 0.2) is 11.6 Å². The number of nitrogens with two attached hydrogens (primary N) is 1. The molecule has 0 aliphatic rings. The van der Waals surface area contributed by atoms with Crippen LogP contribution in [0.25, 0.3) is 21.8 Å². The maximum Gasteiger partial charge on any atom is 0.177 e. The molecule has 0 radical (unpaired) electrons. The summed E-state index contributed by atoms with van der Waals surface area (Å²) in [7, 11) is 0. The van der Waals surface area contributed by atoms with Crippen LogP contribution in [-0.4, -0.2) is 11.8 Å². The zero-order valence-corrected chi connectivity index (χ0v) is 11.8. The Balaban J connectivity index is 2.02. The Hall–Kier alpha value is -2.27.